The SMILES string of the molecule is C#CCOc1ccc(C[C@H](NC(=O)[C@H](CC)N(C)C(=O)OC(C)(C)C)C(=O)N2CC(C)(C)c3c2cc(Cc2ccc(Cl)cc2Cl)c(=O)n3C)cc1. The summed E-state index contributed by atoms with van der Waals surface area (Å²) in [6, 6.07) is 12.0. The summed E-state index contributed by atoms with van der Waals surface area (Å²) in [6.45, 7) is 11.3. The van der Waals surface area contributed by atoms with Crippen molar-refractivity contribution in [3.63, 3.8) is 0 Å². The Bertz CT molecular complexity index is 1890. The fraction of sp³-hybridized carbons (Fsp3) is 0.436. The summed E-state index contributed by atoms with van der Waals surface area (Å²) in [5, 5.41) is 3.87. The number of terminal acetylenes is 1. The van der Waals surface area contributed by atoms with Crippen LogP contribution in [-0.2, 0) is 39.6 Å². The largest absolute Gasteiger partial charge is 0.481 e. The van der Waals surface area contributed by atoms with E-state index in [4.69, 9.17) is 39.1 Å². The maximum atomic E-state index is 14.7. The highest BCUT2D eigenvalue weighted by Crippen LogP contribution is 2.40. The molecule has 0 unspecified atom stereocenters. The smallest absolute Gasteiger partial charge is 0.410 e. The molecule has 12 heteroatoms. The monoisotopic (exact) mass is 736 g/mol. The van der Waals surface area contributed by atoms with Gasteiger partial charge in [0.15, 0.2) is 0 Å². The van der Waals surface area contributed by atoms with Crippen LogP contribution in [0, 0.1) is 12.3 Å². The van der Waals surface area contributed by atoms with Crippen LogP contribution in [0.1, 0.15) is 70.3 Å². The number of hydrogen-bond donors (Lipinski definition) is 1. The number of ether oxygens (including phenoxy) is 2. The third-order valence-electron chi connectivity index (χ3n) is 8.75. The Morgan fingerprint density at radius 1 is 1.08 bits per heavy atom. The highest BCUT2D eigenvalue weighted by atomic mass is 35.5. The van der Waals surface area contributed by atoms with Crippen LogP contribution in [0.3, 0.4) is 0 Å². The van der Waals surface area contributed by atoms with E-state index in [1.165, 1.54) is 11.9 Å². The summed E-state index contributed by atoms with van der Waals surface area (Å²) in [6.07, 6.45) is 5.32. The number of halogens is 2. The van der Waals surface area contributed by atoms with Gasteiger partial charge >= 0.3 is 6.09 Å². The number of anilines is 1. The van der Waals surface area contributed by atoms with Crippen molar-refractivity contribution in [1.29, 1.82) is 0 Å². The molecule has 3 aromatic rings. The van der Waals surface area contributed by atoms with Gasteiger partial charge in [0, 0.05) is 54.5 Å². The summed E-state index contributed by atoms with van der Waals surface area (Å²) in [4.78, 5) is 58.2. The number of rotatable bonds is 11. The van der Waals surface area contributed by atoms with E-state index in [0.29, 0.717) is 38.3 Å². The first-order chi connectivity index (χ1) is 23.9. The van der Waals surface area contributed by atoms with Gasteiger partial charge in [-0.2, -0.15) is 0 Å². The minimum atomic E-state index is -1.04. The minimum Gasteiger partial charge on any atom is -0.481 e. The Morgan fingerprint density at radius 2 is 1.75 bits per heavy atom. The second-order valence-electron chi connectivity index (χ2n) is 14.4. The predicted octanol–water partition coefficient (Wildman–Crippen LogP) is 6.29. The average molecular weight is 738 g/mol. The predicted molar refractivity (Wildman–Crippen MR) is 201 cm³/mol. The van der Waals surface area contributed by atoms with Crippen LogP contribution < -0.4 is 20.5 Å². The second-order valence-corrected chi connectivity index (χ2v) is 15.2. The van der Waals surface area contributed by atoms with E-state index in [2.05, 4.69) is 11.2 Å². The zero-order valence-electron chi connectivity index (χ0n) is 30.4. The van der Waals surface area contributed by atoms with Crippen molar-refractivity contribution in [2.75, 3.05) is 25.1 Å². The average Bonchev–Trinajstić information content (AvgIpc) is 3.32. The molecule has 0 aliphatic carbocycles. The Balaban J connectivity index is 1.73. The molecule has 0 saturated heterocycles. The number of fused-ring (bicyclic) bond motifs is 1. The van der Waals surface area contributed by atoms with Crippen molar-refractivity contribution in [1.82, 2.24) is 14.8 Å². The molecule has 4 rings (SSSR count). The van der Waals surface area contributed by atoms with Gasteiger partial charge in [0.1, 0.15) is 30.0 Å². The number of hydrogen-bond acceptors (Lipinski definition) is 6. The lowest BCUT2D eigenvalue weighted by Crippen LogP contribution is -2.56. The number of carbonyl (C=O) groups is 3. The highest BCUT2D eigenvalue weighted by Gasteiger charge is 2.43. The number of pyridine rings is 1. The number of nitrogens with one attached hydrogen (secondary N) is 1. The van der Waals surface area contributed by atoms with Crippen LogP contribution in [0.2, 0.25) is 10.0 Å². The van der Waals surface area contributed by atoms with Crippen molar-refractivity contribution in [2.24, 2.45) is 7.05 Å². The summed E-state index contributed by atoms with van der Waals surface area (Å²) in [5.41, 5.74) is 1.63. The third kappa shape index (κ3) is 9.26. The van der Waals surface area contributed by atoms with Crippen LogP contribution >= 0.6 is 23.2 Å². The number of aromatic nitrogens is 1. The summed E-state index contributed by atoms with van der Waals surface area (Å²) in [5.74, 6) is 2.13. The lowest BCUT2D eigenvalue weighted by Gasteiger charge is -2.31. The molecule has 0 spiro atoms. The molecular weight excluding hydrogens is 691 g/mol. The van der Waals surface area contributed by atoms with Crippen LogP contribution in [-0.4, -0.2) is 65.3 Å². The molecule has 51 heavy (non-hydrogen) atoms. The van der Waals surface area contributed by atoms with Gasteiger partial charge in [0.05, 0.1) is 11.4 Å². The summed E-state index contributed by atoms with van der Waals surface area (Å²) >= 11 is 12.6. The lowest BCUT2D eigenvalue weighted by molar-refractivity contribution is -0.130. The molecule has 0 radical (unpaired) electrons. The number of carbonyl (C=O) groups excluding carboxylic acids is 3. The van der Waals surface area contributed by atoms with E-state index < -0.39 is 35.1 Å². The van der Waals surface area contributed by atoms with Gasteiger partial charge in [0.2, 0.25) is 11.8 Å². The molecule has 3 amide bonds. The van der Waals surface area contributed by atoms with Crippen LogP contribution in [0.4, 0.5) is 10.5 Å². The van der Waals surface area contributed by atoms with Gasteiger partial charge in [-0.05, 0) is 68.7 Å². The van der Waals surface area contributed by atoms with Gasteiger partial charge < -0.3 is 24.3 Å². The minimum absolute atomic E-state index is 0.110. The molecular formula is C39H46Cl2N4O6. The van der Waals surface area contributed by atoms with Crippen molar-refractivity contribution in [2.45, 2.75) is 83.9 Å². The van der Waals surface area contributed by atoms with Gasteiger partial charge in [-0.1, -0.05) is 68.1 Å². The third-order valence-corrected chi connectivity index (χ3v) is 9.34. The molecule has 2 heterocycles. The Kier molecular flexibility index (Phi) is 12.2. The van der Waals surface area contributed by atoms with Gasteiger partial charge in [-0.15, -0.1) is 6.42 Å². The van der Waals surface area contributed by atoms with E-state index in [0.717, 1.165) is 5.56 Å². The zero-order valence-corrected chi connectivity index (χ0v) is 31.9. The van der Waals surface area contributed by atoms with Crippen LogP contribution in [0.15, 0.2) is 53.3 Å². The Hall–Kier alpha value is -4.46. The van der Waals surface area contributed by atoms with Gasteiger partial charge in [-0.3, -0.25) is 19.3 Å². The first kappa shape index (κ1) is 39.3. The molecule has 272 valence electrons. The quantitative estimate of drug-likeness (QED) is 0.232. The molecule has 10 nitrogen and oxygen atoms in total. The molecule has 0 saturated carbocycles. The topological polar surface area (TPSA) is 110 Å². The van der Waals surface area contributed by atoms with E-state index in [9.17, 15) is 19.2 Å². The van der Waals surface area contributed by atoms with E-state index in [1.807, 2.05) is 26.0 Å². The molecule has 2 aromatic carbocycles. The summed E-state index contributed by atoms with van der Waals surface area (Å²) in [7, 11) is 3.20. The van der Waals surface area contributed by atoms with Gasteiger partial charge in [0.25, 0.3) is 5.56 Å². The molecule has 0 bridgehead atoms. The lowest BCUT2D eigenvalue weighted by atomic mass is 9.90. The molecule has 1 aliphatic heterocycles. The number of likely N-dealkylation sites (N-methyl/N-ethyl adjacent to an activating group) is 1. The van der Waals surface area contributed by atoms with E-state index >= 15 is 0 Å². The Labute approximate surface area is 310 Å². The van der Waals surface area contributed by atoms with Gasteiger partial charge in [-0.25, -0.2) is 4.79 Å². The first-order valence-corrected chi connectivity index (χ1v) is 17.5. The normalized spacial score (nSPS) is 14.6. The zero-order chi connectivity index (χ0) is 37.8. The maximum absolute atomic E-state index is 14.7. The molecule has 1 N–H and O–H groups in total. The second kappa shape index (κ2) is 15.8. The maximum Gasteiger partial charge on any atom is 0.410 e. The highest BCUT2D eigenvalue weighted by molar-refractivity contribution is 6.35. The van der Waals surface area contributed by atoms with Crippen molar-refractivity contribution >= 4 is 46.8 Å². The van der Waals surface area contributed by atoms with E-state index in [1.54, 1.807) is 80.6 Å². The molecule has 1 aromatic heterocycles. The number of nitrogens with zero attached hydrogens (tertiary/aromatic N) is 3. The molecule has 1 aliphatic rings. The summed E-state index contributed by atoms with van der Waals surface area (Å²) < 4.78 is 12.6. The fourth-order valence-corrected chi connectivity index (χ4v) is 6.85. The number of amides is 3. The van der Waals surface area contributed by atoms with Crippen LogP contribution in [0.25, 0.3) is 0 Å². The van der Waals surface area contributed by atoms with Crippen molar-refractivity contribution < 1.29 is 23.9 Å². The van der Waals surface area contributed by atoms with E-state index in [-0.39, 0.29) is 43.9 Å². The van der Waals surface area contributed by atoms with Crippen LogP contribution in [0.5, 0.6) is 5.75 Å². The molecule has 2 atom stereocenters. The first-order valence-electron chi connectivity index (χ1n) is 16.8. The Morgan fingerprint density at radius 3 is 2.33 bits per heavy atom. The standard InChI is InChI=1S/C39H46Cl2N4O6/c1-10-18-50-28-16-12-24(13-17-28)19-30(42-34(46)31(11-2)43(8)37(49)51-38(3,4)5)36(48)45-23-39(6,7)33-32(45)21-26(35(47)44(33)9)20-25-14-15-27(40)22-29(25)41/h1,12-17,21-22,30-31H,11,18-20,23H2,2-9H3,(H,42,46)/t30-,31-/m0/s1. The van der Waals surface area contributed by atoms with Crippen molar-refractivity contribution in [3.05, 3.63) is 91.3 Å². The fourth-order valence-electron chi connectivity index (χ4n) is 6.37. The number of benzene rings is 2. The van der Waals surface area contributed by atoms with Crippen molar-refractivity contribution in [3.8, 4) is 18.1 Å². The molecule has 0 fully saturated rings.